The average Bonchev–Trinajstić information content (AvgIpc) is 2.60. The van der Waals surface area contributed by atoms with Crippen LogP contribution in [0.25, 0.3) is 0 Å². The molecule has 18 heavy (non-hydrogen) atoms. The Morgan fingerprint density at radius 2 is 2.17 bits per heavy atom. The molecule has 1 aromatic rings. The molecule has 1 aliphatic heterocycles. The van der Waals surface area contributed by atoms with Crippen molar-refractivity contribution in [2.24, 2.45) is 5.73 Å². The fourth-order valence-electron chi connectivity index (χ4n) is 2.15. The highest BCUT2D eigenvalue weighted by atomic mass is 16.2. The van der Waals surface area contributed by atoms with Gasteiger partial charge in [0.2, 0.25) is 5.91 Å². The van der Waals surface area contributed by atoms with Crippen molar-refractivity contribution < 1.29 is 4.79 Å². The van der Waals surface area contributed by atoms with E-state index in [1.165, 1.54) is 0 Å². The summed E-state index contributed by atoms with van der Waals surface area (Å²) < 4.78 is 0. The van der Waals surface area contributed by atoms with Gasteiger partial charge in [-0.1, -0.05) is 0 Å². The van der Waals surface area contributed by atoms with E-state index in [0.29, 0.717) is 12.1 Å². The van der Waals surface area contributed by atoms with Crippen molar-refractivity contribution in [3.05, 3.63) is 29.8 Å². The molecule has 1 atom stereocenters. The molecule has 0 spiro atoms. The van der Waals surface area contributed by atoms with Crippen LogP contribution in [0.5, 0.6) is 0 Å². The van der Waals surface area contributed by atoms with Crippen molar-refractivity contribution in [1.82, 2.24) is 5.32 Å². The van der Waals surface area contributed by atoms with Crippen molar-refractivity contribution >= 4 is 11.6 Å². The van der Waals surface area contributed by atoms with Crippen LogP contribution in [0.4, 0.5) is 5.69 Å². The maximum Gasteiger partial charge on any atom is 0.244 e. The Hall–Kier alpha value is -2.06. The number of hydrogen-bond acceptors (Lipinski definition) is 4. The summed E-state index contributed by atoms with van der Waals surface area (Å²) in [5.74, 6) is -0.0284. The van der Waals surface area contributed by atoms with Gasteiger partial charge in [0.15, 0.2) is 0 Å². The Labute approximate surface area is 106 Å². The molecule has 0 saturated carbocycles. The Bertz CT molecular complexity index is 463. The third-order valence-corrected chi connectivity index (χ3v) is 3.11. The molecule has 94 valence electrons. The van der Waals surface area contributed by atoms with E-state index in [2.05, 4.69) is 11.4 Å². The van der Waals surface area contributed by atoms with E-state index in [-0.39, 0.29) is 18.5 Å². The van der Waals surface area contributed by atoms with Crippen molar-refractivity contribution in [3.63, 3.8) is 0 Å². The second-order valence-corrected chi connectivity index (χ2v) is 4.25. The quantitative estimate of drug-likeness (QED) is 0.779. The number of anilines is 1. The number of carbonyl (C=O) groups excluding carboxylic acids is 1. The first-order valence-corrected chi connectivity index (χ1v) is 6.01. The first-order chi connectivity index (χ1) is 8.76. The number of benzene rings is 1. The van der Waals surface area contributed by atoms with Crippen LogP contribution in [0.3, 0.4) is 0 Å². The molecule has 0 radical (unpaired) electrons. The van der Waals surface area contributed by atoms with Gasteiger partial charge in [-0.2, -0.15) is 5.26 Å². The molecule has 0 aliphatic carbocycles. The van der Waals surface area contributed by atoms with Crippen LogP contribution in [0.1, 0.15) is 12.0 Å². The Kier molecular flexibility index (Phi) is 3.80. The van der Waals surface area contributed by atoms with Crippen molar-refractivity contribution in [3.8, 4) is 6.07 Å². The maximum atomic E-state index is 11.9. The van der Waals surface area contributed by atoms with Gasteiger partial charge in [0.25, 0.3) is 0 Å². The standard InChI is InChI=1S/C13H16N4O/c14-8-10-2-4-11(5-3-10)17-7-1-6-16-13(18)12(17)9-15/h2-5,12H,1,6-7,9,15H2,(H,16,18). The van der Waals surface area contributed by atoms with E-state index >= 15 is 0 Å². The van der Waals surface area contributed by atoms with E-state index in [1.54, 1.807) is 12.1 Å². The molecule has 1 heterocycles. The lowest BCUT2D eigenvalue weighted by Gasteiger charge is -2.29. The minimum absolute atomic E-state index is 0.0284. The maximum absolute atomic E-state index is 11.9. The van der Waals surface area contributed by atoms with Crippen LogP contribution < -0.4 is 16.0 Å². The van der Waals surface area contributed by atoms with Gasteiger partial charge in [0.1, 0.15) is 6.04 Å². The second kappa shape index (κ2) is 5.52. The first kappa shape index (κ1) is 12.4. The molecule has 1 saturated heterocycles. The molecule has 5 heteroatoms. The van der Waals surface area contributed by atoms with E-state index < -0.39 is 0 Å². The lowest BCUT2D eigenvalue weighted by molar-refractivity contribution is -0.121. The van der Waals surface area contributed by atoms with Crippen LogP contribution >= 0.6 is 0 Å². The molecule has 0 aromatic heterocycles. The highest BCUT2D eigenvalue weighted by Crippen LogP contribution is 2.19. The number of nitrogens with zero attached hydrogens (tertiary/aromatic N) is 2. The Morgan fingerprint density at radius 1 is 1.44 bits per heavy atom. The summed E-state index contributed by atoms with van der Waals surface area (Å²) in [6.07, 6.45) is 0.891. The summed E-state index contributed by atoms with van der Waals surface area (Å²) in [5.41, 5.74) is 7.24. The van der Waals surface area contributed by atoms with E-state index in [0.717, 1.165) is 18.7 Å². The van der Waals surface area contributed by atoms with Gasteiger partial charge in [0, 0.05) is 25.3 Å². The molecule has 1 aliphatic rings. The normalized spacial score (nSPS) is 19.9. The lowest BCUT2D eigenvalue weighted by atomic mass is 10.1. The molecule has 1 unspecified atom stereocenters. The van der Waals surface area contributed by atoms with Gasteiger partial charge in [0.05, 0.1) is 11.6 Å². The number of rotatable bonds is 2. The minimum Gasteiger partial charge on any atom is -0.358 e. The summed E-state index contributed by atoms with van der Waals surface area (Å²) in [7, 11) is 0. The monoisotopic (exact) mass is 244 g/mol. The van der Waals surface area contributed by atoms with Gasteiger partial charge in [-0.15, -0.1) is 0 Å². The summed E-state index contributed by atoms with van der Waals surface area (Å²) >= 11 is 0. The van der Waals surface area contributed by atoms with E-state index in [1.807, 2.05) is 17.0 Å². The van der Waals surface area contributed by atoms with Crippen molar-refractivity contribution in [1.29, 1.82) is 5.26 Å². The van der Waals surface area contributed by atoms with Gasteiger partial charge in [-0.3, -0.25) is 4.79 Å². The summed E-state index contributed by atoms with van der Waals surface area (Å²) in [6, 6.07) is 8.98. The number of amides is 1. The lowest BCUT2D eigenvalue weighted by Crippen LogP contribution is -2.49. The highest BCUT2D eigenvalue weighted by molar-refractivity contribution is 5.86. The Morgan fingerprint density at radius 3 is 2.78 bits per heavy atom. The number of hydrogen-bond donors (Lipinski definition) is 2. The number of carbonyl (C=O) groups is 1. The van der Waals surface area contributed by atoms with Crippen LogP contribution in [0.15, 0.2) is 24.3 Å². The topological polar surface area (TPSA) is 82.2 Å². The minimum atomic E-state index is -0.333. The van der Waals surface area contributed by atoms with Crippen LogP contribution in [0.2, 0.25) is 0 Å². The molecule has 5 nitrogen and oxygen atoms in total. The molecular weight excluding hydrogens is 228 g/mol. The zero-order chi connectivity index (χ0) is 13.0. The van der Waals surface area contributed by atoms with Gasteiger partial charge < -0.3 is 16.0 Å². The zero-order valence-corrected chi connectivity index (χ0v) is 10.1. The van der Waals surface area contributed by atoms with Gasteiger partial charge >= 0.3 is 0 Å². The highest BCUT2D eigenvalue weighted by Gasteiger charge is 2.26. The molecule has 1 aromatic carbocycles. The molecule has 1 amide bonds. The second-order valence-electron chi connectivity index (χ2n) is 4.25. The largest absolute Gasteiger partial charge is 0.358 e. The Balaban J connectivity index is 2.27. The summed E-state index contributed by atoms with van der Waals surface area (Å²) in [6.45, 7) is 1.75. The first-order valence-electron chi connectivity index (χ1n) is 6.01. The molecule has 1 fully saturated rings. The fraction of sp³-hybridized carbons (Fsp3) is 0.385. The third-order valence-electron chi connectivity index (χ3n) is 3.11. The van der Waals surface area contributed by atoms with Crippen LogP contribution in [-0.2, 0) is 4.79 Å². The fourth-order valence-corrected chi connectivity index (χ4v) is 2.15. The predicted octanol–water partition coefficient (Wildman–Crippen LogP) is 0.212. The van der Waals surface area contributed by atoms with Crippen LogP contribution in [-0.4, -0.2) is 31.6 Å². The van der Waals surface area contributed by atoms with Crippen LogP contribution in [0, 0.1) is 11.3 Å². The van der Waals surface area contributed by atoms with Gasteiger partial charge in [-0.25, -0.2) is 0 Å². The molecule has 3 N–H and O–H groups in total. The predicted molar refractivity (Wildman–Crippen MR) is 69.0 cm³/mol. The molecule has 0 bridgehead atoms. The van der Waals surface area contributed by atoms with Crippen molar-refractivity contribution in [2.45, 2.75) is 12.5 Å². The third kappa shape index (κ3) is 2.44. The summed E-state index contributed by atoms with van der Waals surface area (Å²) in [4.78, 5) is 13.9. The number of nitriles is 1. The molecule has 2 rings (SSSR count). The van der Waals surface area contributed by atoms with E-state index in [4.69, 9.17) is 11.0 Å². The van der Waals surface area contributed by atoms with Crippen molar-refractivity contribution in [2.75, 3.05) is 24.5 Å². The number of nitrogens with two attached hydrogens (primary N) is 1. The zero-order valence-electron chi connectivity index (χ0n) is 10.1. The molecular formula is C13H16N4O. The smallest absolute Gasteiger partial charge is 0.244 e. The van der Waals surface area contributed by atoms with Gasteiger partial charge in [-0.05, 0) is 30.7 Å². The SMILES string of the molecule is N#Cc1ccc(N2CCCNC(=O)C2CN)cc1. The number of nitrogens with one attached hydrogen (secondary N) is 1. The summed E-state index contributed by atoms with van der Waals surface area (Å²) in [5, 5.41) is 11.6. The van der Waals surface area contributed by atoms with E-state index in [9.17, 15) is 4.79 Å². The average molecular weight is 244 g/mol.